The summed E-state index contributed by atoms with van der Waals surface area (Å²) < 4.78 is 59.0. The molecule has 0 amide bonds. The van der Waals surface area contributed by atoms with E-state index in [0.29, 0.717) is 56.9 Å². The number of carbonyl (C=O) groups is 1. The third-order valence-corrected chi connectivity index (χ3v) is 19.2. The number of aliphatic hydroxyl groups is 17. The van der Waals surface area contributed by atoms with Crippen LogP contribution in [0.1, 0.15) is 78.1 Å². The maximum Gasteiger partial charge on any atom is 0.314 e. The van der Waals surface area contributed by atoms with Gasteiger partial charge in [0.1, 0.15) is 105 Å². The van der Waals surface area contributed by atoms with E-state index in [4.69, 9.17) is 47.4 Å². The second-order valence-electron chi connectivity index (χ2n) is 23.9. The molecule has 448 valence electrons. The van der Waals surface area contributed by atoms with Gasteiger partial charge in [-0.05, 0) is 86.5 Å². The van der Waals surface area contributed by atoms with Gasteiger partial charge in [0, 0.05) is 6.42 Å². The van der Waals surface area contributed by atoms with E-state index in [1.807, 2.05) is 0 Å². The molecule has 29 atom stereocenters. The van der Waals surface area contributed by atoms with E-state index in [0.717, 1.165) is 0 Å². The number of carbonyl (C=O) groups excluding carboxylic acids is 1. The highest BCUT2D eigenvalue weighted by Gasteiger charge is 2.70. The predicted octanol–water partition coefficient (Wildman–Crippen LogP) is -6.94. The summed E-state index contributed by atoms with van der Waals surface area (Å²) in [6, 6.07) is 0. The molecule has 0 aromatic rings. The summed E-state index contributed by atoms with van der Waals surface area (Å²) in [5.41, 5.74) is -2.88. The van der Waals surface area contributed by atoms with E-state index >= 15 is 0 Å². The molecule has 25 unspecified atom stereocenters. The zero-order valence-electron chi connectivity index (χ0n) is 43.4. The molecule has 1 spiro atoms. The molecule has 5 heterocycles. The Balaban J connectivity index is 0.946. The summed E-state index contributed by atoms with van der Waals surface area (Å²) in [7, 11) is 0. The van der Waals surface area contributed by atoms with Crippen molar-refractivity contribution in [2.75, 3.05) is 39.6 Å². The molecule has 9 fully saturated rings. The third-order valence-electron chi connectivity index (χ3n) is 19.2. The maximum absolute atomic E-state index is 14.9. The first-order chi connectivity index (χ1) is 36.7. The van der Waals surface area contributed by atoms with Crippen LogP contribution in [0.3, 0.4) is 0 Å². The molecule has 0 radical (unpaired) electrons. The summed E-state index contributed by atoms with van der Waals surface area (Å²) in [5, 5.41) is 182. The fourth-order valence-electron chi connectivity index (χ4n) is 14.9. The number of hydrogen-bond acceptors (Lipinski definition) is 28. The van der Waals surface area contributed by atoms with Gasteiger partial charge in [-0.3, -0.25) is 4.79 Å². The summed E-state index contributed by atoms with van der Waals surface area (Å²) >= 11 is 0. The van der Waals surface area contributed by atoms with E-state index in [-0.39, 0.29) is 18.3 Å². The number of rotatable bonds is 15. The van der Waals surface area contributed by atoms with Crippen LogP contribution in [-0.2, 0) is 52.2 Å². The van der Waals surface area contributed by atoms with Crippen molar-refractivity contribution in [2.45, 2.75) is 224 Å². The lowest BCUT2D eigenvalue weighted by atomic mass is 9.41. The van der Waals surface area contributed by atoms with Crippen molar-refractivity contribution in [1.82, 2.24) is 0 Å². The first-order valence-electron chi connectivity index (χ1n) is 26.8. The lowest BCUT2D eigenvalue weighted by Gasteiger charge is -2.64. The summed E-state index contributed by atoms with van der Waals surface area (Å²) in [5.74, 6) is -6.34. The molecule has 2 bridgehead atoms. The van der Waals surface area contributed by atoms with Gasteiger partial charge in [0.05, 0.1) is 43.5 Å². The summed E-state index contributed by atoms with van der Waals surface area (Å²) in [6.45, 7) is 3.55. The molecular weight excluding hydrogens is 1050 g/mol. The largest absolute Gasteiger partial charge is 0.432 e. The molecule has 4 saturated carbocycles. The van der Waals surface area contributed by atoms with Gasteiger partial charge < -0.3 is 134 Å². The van der Waals surface area contributed by atoms with E-state index in [1.165, 1.54) is 0 Å². The Kier molecular flexibility index (Phi) is 17.6. The van der Waals surface area contributed by atoms with Gasteiger partial charge in [-0.25, -0.2) is 0 Å². The van der Waals surface area contributed by atoms with Gasteiger partial charge >= 0.3 is 5.97 Å². The molecule has 17 N–H and O–H groups in total. The lowest BCUT2D eigenvalue weighted by Crippen LogP contribution is -2.66. The SMILES string of the molecule is C=C1CC23CCC4[C@](C)(C(=O)OC5OC(CO)C(O)C(O)C5OC5OC(CO)C(O)C(O)C5O)CCC[C@@]4(C)[C@@H]2CC[C@]1(OC1OC(O)(COC2(O)COC(CO)C(O)C2O)CC(O)C1OC1OC(CO)C(O)C(O)C1O)C3. The van der Waals surface area contributed by atoms with Crippen molar-refractivity contribution < 1.29 is 139 Å². The van der Waals surface area contributed by atoms with Gasteiger partial charge in [-0.15, -0.1) is 0 Å². The zero-order chi connectivity index (χ0) is 56.8. The van der Waals surface area contributed by atoms with Crippen molar-refractivity contribution >= 4 is 5.97 Å². The van der Waals surface area contributed by atoms with Gasteiger partial charge in [0.25, 0.3) is 0 Å². The highest BCUT2D eigenvalue weighted by Crippen LogP contribution is 2.74. The second-order valence-corrected chi connectivity index (χ2v) is 23.9. The van der Waals surface area contributed by atoms with E-state index in [9.17, 15) is 91.6 Å². The van der Waals surface area contributed by atoms with Crippen LogP contribution in [0, 0.1) is 28.1 Å². The highest BCUT2D eigenvalue weighted by molar-refractivity contribution is 5.77. The number of aliphatic hydroxyl groups excluding tert-OH is 15. The molecular formula is C50H80O28. The molecule has 78 heavy (non-hydrogen) atoms. The minimum absolute atomic E-state index is 0.0777. The van der Waals surface area contributed by atoms with Crippen molar-refractivity contribution in [3.8, 4) is 0 Å². The number of fused-ring (bicyclic) bond motifs is 3. The lowest BCUT2D eigenvalue weighted by molar-refractivity contribution is -0.423. The van der Waals surface area contributed by atoms with E-state index < -0.39 is 214 Å². The van der Waals surface area contributed by atoms with Crippen LogP contribution in [0.25, 0.3) is 0 Å². The van der Waals surface area contributed by atoms with Crippen molar-refractivity contribution in [3.05, 3.63) is 12.2 Å². The van der Waals surface area contributed by atoms with Crippen LogP contribution >= 0.6 is 0 Å². The molecule has 0 aromatic heterocycles. The fourth-order valence-corrected chi connectivity index (χ4v) is 14.9. The monoisotopic (exact) mass is 1130 g/mol. The summed E-state index contributed by atoms with van der Waals surface area (Å²) in [4.78, 5) is 14.9. The Morgan fingerprint density at radius 3 is 1.77 bits per heavy atom. The van der Waals surface area contributed by atoms with Crippen molar-refractivity contribution in [1.29, 1.82) is 0 Å². The Morgan fingerprint density at radius 1 is 0.628 bits per heavy atom. The van der Waals surface area contributed by atoms with Crippen LogP contribution in [0.2, 0.25) is 0 Å². The van der Waals surface area contributed by atoms with Crippen LogP contribution in [0.4, 0.5) is 0 Å². The summed E-state index contributed by atoms with van der Waals surface area (Å²) in [6.07, 6.45) is -33.2. The van der Waals surface area contributed by atoms with Gasteiger partial charge in [-0.1, -0.05) is 19.9 Å². The number of hydrogen-bond donors (Lipinski definition) is 17. The van der Waals surface area contributed by atoms with Crippen LogP contribution in [-0.4, -0.2) is 279 Å². The minimum atomic E-state index is -2.65. The normalized spacial score (nSPS) is 54.5. The van der Waals surface area contributed by atoms with Crippen LogP contribution < -0.4 is 0 Å². The van der Waals surface area contributed by atoms with E-state index in [1.54, 1.807) is 6.92 Å². The molecule has 9 rings (SSSR count). The van der Waals surface area contributed by atoms with Gasteiger partial charge in [0.2, 0.25) is 12.1 Å². The quantitative estimate of drug-likeness (QED) is 0.0314. The Labute approximate surface area is 448 Å². The first kappa shape index (κ1) is 60.8. The molecule has 28 nitrogen and oxygen atoms in total. The first-order valence-corrected chi connectivity index (χ1v) is 26.8. The van der Waals surface area contributed by atoms with Crippen molar-refractivity contribution in [3.63, 3.8) is 0 Å². The topological polar surface area (TPSA) is 453 Å². The smallest absolute Gasteiger partial charge is 0.314 e. The molecule has 4 aliphatic carbocycles. The maximum atomic E-state index is 14.9. The van der Waals surface area contributed by atoms with Crippen LogP contribution in [0.15, 0.2) is 12.2 Å². The molecule has 9 aliphatic rings. The minimum Gasteiger partial charge on any atom is -0.432 e. The van der Waals surface area contributed by atoms with Crippen molar-refractivity contribution in [2.24, 2.45) is 28.1 Å². The molecule has 28 heteroatoms. The molecule has 5 aliphatic heterocycles. The van der Waals surface area contributed by atoms with Gasteiger partial charge in [0.15, 0.2) is 30.8 Å². The standard InChI is InChI=1S/C50H80O28/c1-20-11-47-9-5-26-45(2,7-4-8-46(26,3)44(66)76-42-38(34(62)30(58)25(16-54)73-42)75-41-36(64)33(61)29(57)24(15-53)72-41)27(47)6-10-48(20,17-47)77-43-37(74-40-35(63)32(60)28(56)23(14-52)71-40)21(55)12-49(67,78-43)18-70-50(68)19-69-22(13-51)31(59)39(50)65/h21-43,51-65,67-68H,1,4-19H2,2-3H3/t21?,22?,23?,24?,25?,26?,27-,28?,29?,30?,31?,32?,33?,34?,35?,36?,37?,38?,39?,40?,41?,42?,43?,45+,46+,47?,48-,49?,50?/m0/s1. The Hall–Kier alpha value is -1.83. The fraction of sp³-hybridized carbons (Fsp3) is 0.940. The highest BCUT2D eigenvalue weighted by atomic mass is 16.8. The average Bonchev–Trinajstić information content (AvgIpc) is 3.87. The predicted molar refractivity (Wildman–Crippen MR) is 251 cm³/mol. The molecule has 0 aromatic carbocycles. The van der Waals surface area contributed by atoms with Crippen LogP contribution in [0.5, 0.6) is 0 Å². The number of ether oxygens (including phenoxy) is 10. The van der Waals surface area contributed by atoms with Gasteiger partial charge in [-0.2, -0.15) is 0 Å². The van der Waals surface area contributed by atoms with E-state index in [2.05, 4.69) is 13.5 Å². The zero-order valence-corrected chi connectivity index (χ0v) is 43.4. The number of esters is 1. The average molecular weight is 1130 g/mol. The second kappa shape index (κ2) is 22.6. The molecule has 5 saturated heterocycles. The Bertz CT molecular complexity index is 2110. The third kappa shape index (κ3) is 10.4. The Morgan fingerprint density at radius 2 is 1.18 bits per heavy atom.